The van der Waals surface area contributed by atoms with Gasteiger partial charge in [-0.3, -0.25) is 0 Å². The van der Waals surface area contributed by atoms with Crippen LogP contribution in [0.1, 0.15) is 0 Å². The number of aromatic nitrogens is 3. The normalized spacial score (nSPS) is 8.00. The van der Waals surface area contributed by atoms with Crippen LogP contribution in [0.2, 0.25) is 0 Å². The monoisotopic (exact) mass is 147 g/mol. The van der Waals surface area contributed by atoms with E-state index in [4.69, 9.17) is 11.5 Å². The van der Waals surface area contributed by atoms with Gasteiger partial charge in [-0.05, 0) is 0 Å². The highest BCUT2D eigenvalue weighted by molar-refractivity contribution is 5.33. The van der Waals surface area contributed by atoms with Gasteiger partial charge >= 0.3 is 0 Å². The van der Waals surface area contributed by atoms with Gasteiger partial charge in [-0.15, -0.1) is 0 Å². The van der Waals surface area contributed by atoms with E-state index in [-0.39, 0.29) is 12.4 Å². The highest BCUT2D eigenvalue weighted by atomic mass is 35.5. The predicted octanol–water partition coefficient (Wildman–Crippen LogP) is -4.54. The van der Waals surface area contributed by atoms with Gasteiger partial charge in [-0.1, -0.05) is 0 Å². The molecule has 1 heterocycles. The van der Waals surface area contributed by atoms with Crippen LogP contribution < -0.4 is 29.0 Å². The molecule has 0 saturated heterocycles. The second-order valence-electron chi connectivity index (χ2n) is 1.34. The molecule has 0 fully saturated rings. The van der Waals surface area contributed by atoms with Crippen molar-refractivity contribution >= 4 is 11.6 Å². The van der Waals surface area contributed by atoms with Gasteiger partial charge in [0.1, 0.15) is 0 Å². The number of halogens is 1. The molecule has 9 heavy (non-hydrogen) atoms. The first-order chi connectivity index (χ1) is 3.79. The number of aromatic amines is 1. The van der Waals surface area contributed by atoms with E-state index in [0.29, 0.717) is 11.6 Å². The summed E-state index contributed by atoms with van der Waals surface area (Å²) in [5, 5.41) is 9.20. The maximum Gasteiger partial charge on any atom is 0.241 e. The Morgan fingerprint density at radius 1 is 1.44 bits per heavy atom. The van der Waals surface area contributed by atoms with Crippen molar-refractivity contribution in [3.05, 3.63) is 6.07 Å². The van der Waals surface area contributed by atoms with Crippen molar-refractivity contribution in [3.63, 3.8) is 0 Å². The van der Waals surface area contributed by atoms with Gasteiger partial charge in [0, 0.05) is 5.10 Å². The Morgan fingerprint density at radius 3 is 2.44 bits per heavy atom. The van der Waals surface area contributed by atoms with E-state index in [1.165, 1.54) is 6.07 Å². The zero-order valence-corrected chi connectivity index (χ0v) is 5.26. The van der Waals surface area contributed by atoms with Gasteiger partial charge in [0.2, 0.25) is 11.6 Å². The van der Waals surface area contributed by atoms with Crippen LogP contribution >= 0.6 is 0 Å². The number of hydrogen-bond donors (Lipinski definition) is 2. The molecular weight excluding hydrogens is 142 g/mol. The Kier molecular flexibility index (Phi) is 2.66. The van der Waals surface area contributed by atoms with Crippen LogP contribution in [-0.4, -0.2) is 10.3 Å². The summed E-state index contributed by atoms with van der Waals surface area (Å²) >= 11 is 0. The highest BCUT2D eigenvalue weighted by Gasteiger charge is 1.93. The van der Waals surface area contributed by atoms with Crippen molar-refractivity contribution in [2.24, 2.45) is 0 Å². The van der Waals surface area contributed by atoms with Crippen molar-refractivity contribution in [2.75, 3.05) is 11.5 Å². The molecule has 5 N–H and O–H groups in total. The van der Waals surface area contributed by atoms with Crippen LogP contribution in [-0.2, 0) is 0 Å². The average molecular weight is 148 g/mol. The van der Waals surface area contributed by atoms with Crippen molar-refractivity contribution in [1.82, 2.24) is 10.3 Å². The Morgan fingerprint density at radius 2 is 2.11 bits per heavy atom. The Balaban J connectivity index is 0.000000640. The van der Waals surface area contributed by atoms with Crippen LogP contribution in [0.5, 0.6) is 0 Å². The largest absolute Gasteiger partial charge is 1.00 e. The fourth-order valence-corrected chi connectivity index (χ4v) is 0.361. The predicted molar refractivity (Wildman–Crippen MR) is 27.4 cm³/mol. The molecule has 0 aromatic carbocycles. The average Bonchev–Trinajstić information content (AvgIpc) is 1.64. The molecule has 0 aliphatic rings. The van der Waals surface area contributed by atoms with Crippen LogP contribution in [0.4, 0.5) is 11.6 Å². The van der Waals surface area contributed by atoms with E-state index in [1.54, 1.807) is 0 Å². The minimum absolute atomic E-state index is 0. The van der Waals surface area contributed by atoms with E-state index in [1.807, 2.05) is 0 Å². The molecule has 0 saturated carbocycles. The highest BCUT2D eigenvalue weighted by Crippen LogP contribution is 1.91. The van der Waals surface area contributed by atoms with Crippen molar-refractivity contribution in [2.45, 2.75) is 0 Å². The summed E-state index contributed by atoms with van der Waals surface area (Å²) in [5.74, 6) is 0.735. The second kappa shape index (κ2) is 3.03. The van der Waals surface area contributed by atoms with Crippen LogP contribution in [0.3, 0.4) is 0 Å². The number of rotatable bonds is 0. The maximum atomic E-state index is 5.22. The van der Waals surface area contributed by atoms with Gasteiger partial charge in [0.15, 0.2) is 0 Å². The van der Waals surface area contributed by atoms with E-state index >= 15 is 0 Å². The van der Waals surface area contributed by atoms with Gasteiger partial charge in [0.25, 0.3) is 0 Å². The molecule has 5 nitrogen and oxygen atoms in total. The first-order valence-electron chi connectivity index (χ1n) is 2.05. The van der Waals surface area contributed by atoms with Crippen molar-refractivity contribution in [3.8, 4) is 0 Å². The first-order valence-corrected chi connectivity index (χ1v) is 2.05. The minimum Gasteiger partial charge on any atom is -1.00 e. The van der Waals surface area contributed by atoms with Crippen LogP contribution in [0.25, 0.3) is 0 Å². The summed E-state index contributed by atoms with van der Waals surface area (Å²) < 4.78 is 0. The third kappa shape index (κ3) is 2.09. The number of nitrogens with two attached hydrogens (primary N) is 2. The number of H-pyrrole nitrogens is 1. The summed E-state index contributed by atoms with van der Waals surface area (Å²) in [5.41, 5.74) is 10.4. The van der Waals surface area contributed by atoms with Crippen molar-refractivity contribution in [1.29, 1.82) is 0 Å². The lowest BCUT2D eigenvalue weighted by atomic mass is 10.6. The molecule has 0 unspecified atom stereocenters. The molecule has 0 spiro atoms. The van der Waals surface area contributed by atoms with Gasteiger partial charge in [-0.25, -0.2) is 0 Å². The number of nitrogen functional groups attached to an aromatic ring is 2. The lowest BCUT2D eigenvalue weighted by Crippen LogP contribution is -3.00. The second-order valence-corrected chi connectivity index (χ2v) is 1.34. The topological polar surface area (TPSA) is 92.0 Å². The Hall–Kier alpha value is -1.10. The number of nitrogens with one attached hydrogen (secondary N) is 1. The van der Waals surface area contributed by atoms with E-state index < -0.39 is 0 Å². The Labute approximate surface area is 57.9 Å². The van der Waals surface area contributed by atoms with Gasteiger partial charge in [0.05, 0.1) is 11.3 Å². The lowest BCUT2D eigenvalue weighted by molar-refractivity contribution is -0.447. The van der Waals surface area contributed by atoms with E-state index in [0.717, 1.165) is 0 Å². The SMILES string of the molecule is Nc1cc(N)[nH+]nn1.[Cl-]. The molecule has 1 aromatic rings. The summed E-state index contributed by atoms with van der Waals surface area (Å²) in [6.45, 7) is 0. The van der Waals surface area contributed by atoms with Crippen LogP contribution in [0.15, 0.2) is 6.07 Å². The summed E-state index contributed by atoms with van der Waals surface area (Å²) in [6, 6.07) is 1.49. The third-order valence-corrected chi connectivity index (χ3v) is 0.648. The van der Waals surface area contributed by atoms with Gasteiger partial charge in [-0.2, -0.15) is 5.10 Å². The Bertz CT molecular complexity index is 172. The molecule has 0 aliphatic carbocycles. The zero-order chi connectivity index (χ0) is 5.98. The fraction of sp³-hybridized carbons (Fsp3) is 0. The maximum absolute atomic E-state index is 5.22. The summed E-state index contributed by atoms with van der Waals surface area (Å²) in [6.07, 6.45) is 0. The molecule has 50 valence electrons. The molecule has 0 bridgehead atoms. The van der Waals surface area contributed by atoms with E-state index in [2.05, 4.69) is 15.4 Å². The molecule has 6 heteroatoms. The number of anilines is 2. The third-order valence-electron chi connectivity index (χ3n) is 0.648. The molecule has 0 atom stereocenters. The number of nitrogens with zero attached hydrogens (tertiary/aromatic N) is 2. The first kappa shape index (κ1) is 7.90. The molecule has 0 aliphatic heterocycles. The van der Waals surface area contributed by atoms with E-state index in [9.17, 15) is 0 Å². The lowest BCUT2D eigenvalue weighted by Gasteiger charge is -1.80. The molecule has 1 rings (SSSR count). The van der Waals surface area contributed by atoms with Gasteiger partial charge < -0.3 is 23.9 Å². The van der Waals surface area contributed by atoms with Crippen LogP contribution in [0, 0.1) is 0 Å². The zero-order valence-electron chi connectivity index (χ0n) is 4.50. The number of hydrogen-bond acceptors (Lipinski definition) is 4. The molecular formula is C3H6ClN5. The summed E-state index contributed by atoms with van der Waals surface area (Å²) in [7, 11) is 0. The smallest absolute Gasteiger partial charge is 0.241 e. The standard InChI is InChI=1S/C3H5N5.ClH/c4-2-1-3(5)7-8-6-2;/h1H,(H4,4,5,6,7);1H. The fourth-order valence-electron chi connectivity index (χ4n) is 0.361. The minimum atomic E-state index is 0. The van der Waals surface area contributed by atoms with Crippen molar-refractivity contribution < 1.29 is 17.5 Å². The molecule has 0 radical (unpaired) electrons. The summed E-state index contributed by atoms with van der Waals surface area (Å²) in [4.78, 5) is 0. The quantitative estimate of drug-likeness (QED) is 0.387. The molecule has 0 amide bonds. The molecule has 1 aromatic heterocycles.